The number of nitrogens with zero attached hydrogens (tertiary/aromatic N) is 1. The summed E-state index contributed by atoms with van der Waals surface area (Å²) in [5, 5.41) is 17.9. The number of carboxylic acid groups (broad SMARTS) is 1. The first-order valence-electron chi connectivity index (χ1n) is 7.37. The molecule has 4 nitrogen and oxygen atoms in total. The van der Waals surface area contributed by atoms with Crippen molar-refractivity contribution in [1.29, 1.82) is 0 Å². The summed E-state index contributed by atoms with van der Waals surface area (Å²) < 4.78 is 0. The standard InChI is InChI=1S/C15H27NO3/c1-13(15(18)19)12-16(9-5-11-17)10-8-14-6-3-2-4-7-14/h6,13,17H,2-5,7-12H2,1H3,(H,18,19). The van der Waals surface area contributed by atoms with Gasteiger partial charge in [0.15, 0.2) is 0 Å². The Morgan fingerprint density at radius 1 is 1.42 bits per heavy atom. The van der Waals surface area contributed by atoms with Crippen LogP contribution in [0.5, 0.6) is 0 Å². The number of carbonyl (C=O) groups is 1. The number of allylic oxidation sites excluding steroid dienone is 1. The Morgan fingerprint density at radius 3 is 2.79 bits per heavy atom. The van der Waals surface area contributed by atoms with E-state index < -0.39 is 5.97 Å². The zero-order chi connectivity index (χ0) is 14.1. The molecule has 0 spiro atoms. The van der Waals surface area contributed by atoms with Crippen molar-refractivity contribution in [2.24, 2.45) is 5.92 Å². The molecule has 0 saturated heterocycles. The van der Waals surface area contributed by atoms with Crippen molar-refractivity contribution in [2.45, 2.75) is 45.4 Å². The highest BCUT2D eigenvalue weighted by Crippen LogP contribution is 2.20. The molecular formula is C15H27NO3. The molecule has 0 bridgehead atoms. The van der Waals surface area contributed by atoms with Gasteiger partial charge in [0.2, 0.25) is 0 Å². The fourth-order valence-corrected chi connectivity index (χ4v) is 2.49. The lowest BCUT2D eigenvalue weighted by molar-refractivity contribution is -0.141. The second kappa shape index (κ2) is 9.10. The summed E-state index contributed by atoms with van der Waals surface area (Å²) in [5.74, 6) is -1.09. The number of rotatable bonds is 9. The second-order valence-corrected chi connectivity index (χ2v) is 5.48. The van der Waals surface area contributed by atoms with Gasteiger partial charge < -0.3 is 15.1 Å². The van der Waals surface area contributed by atoms with Gasteiger partial charge in [-0.25, -0.2) is 0 Å². The fourth-order valence-electron chi connectivity index (χ4n) is 2.49. The molecule has 1 aliphatic carbocycles. The van der Waals surface area contributed by atoms with Crippen LogP contribution in [0.15, 0.2) is 11.6 Å². The van der Waals surface area contributed by atoms with Gasteiger partial charge in [-0.2, -0.15) is 0 Å². The molecule has 0 heterocycles. The van der Waals surface area contributed by atoms with Gasteiger partial charge in [0.05, 0.1) is 5.92 Å². The average Bonchev–Trinajstić information content (AvgIpc) is 2.42. The van der Waals surface area contributed by atoms with Gasteiger partial charge in [0.1, 0.15) is 0 Å². The Morgan fingerprint density at radius 2 is 2.21 bits per heavy atom. The number of carboxylic acids is 1. The third kappa shape index (κ3) is 6.73. The van der Waals surface area contributed by atoms with Gasteiger partial charge in [0, 0.05) is 26.2 Å². The first-order chi connectivity index (χ1) is 9.13. The van der Waals surface area contributed by atoms with Gasteiger partial charge in [-0.1, -0.05) is 18.6 Å². The molecular weight excluding hydrogens is 242 g/mol. The van der Waals surface area contributed by atoms with Crippen LogP contribution < -0.4 is 0 Å². The van der Waals surface area contributed by atoms with Crippen molar-refractivity contribution in [3.63, 3.8) is 0 Å². The fraction of sp³-hybridized carbons (Fsp3) is 0.800. The zero-order valence-electron chi connectivity index (χ0n) is 12.0. The number of hydrogen-bond acceptors (Lipinski definition) is 3. The highest BCUT2D eigenvalue weighted by molar-refractivity contribution is 5.69. The molecule has 2 N–H and O–H groups in total. The van der Waals surface area contributed by atoms with E-state index in [1.54, 1.807) is 6.92 Å². The topological polar surface area (TPSA) is 60.8 Å². The maximum Gasteiger partial charge on any atom is 0.307 e. The largest absolute Gasteiger partial charge is 0.481 e. The van der Waals surface area contributed by atoms with Crippen LogP contribution in [0.3, 0.4) is 0 Å². The van der Waals surface area contributed by atoms with Crippen molar-refractivity contribution in [1.82, 2.24) is 4.90 Å². The van der Waals surface area contributed by atoms with E-state index in [9.17, 15) is 4.79 Å². The number of aliphatic hydroxyl groups is 1. The minimum absolute atomic E-state index is 0.167. The molecule has 4 heteroatoms. The predicted octanol–water partition coefficient (Wildman–Crippen LogP) is 2.28. The molecule has 1 rings (SSSR count). The summed E-state index contributed by atoms with van der Waals surface area (Å²) in [6.45, 7) is 4.17. The zero-order valence-corrected chi connectivity index (χ0v) is 12.0. The molecule has 0 fully saturated rings. The Labute approximate surface area is 116 Å². The van der Waals surface area contributed by atoms with E-state index in [1.807, 2.05) is 0 Å². The summed E-state index contributed by atoms with van der Waals surface area (Å²) in [4.78, 5) is 13.1. The van der Waals surface area contributed by atoms with Crippen molar-refractivity contribution < 1.29 is 15.0 Å². The minimum Gasteiger partial charge on any atom is -0.481 e. The van der Waals surface area contributed by atoms with Crippen LogP contribution in [0.1, 0.15) is 45.4 Å². The van der Waals surface area contributed by atoms with E-state index >= 15 is 0 Å². The van der Waals surface area contributed by atoms with E-state index in [1.165, 1.54) is 31.3 Å². The van der Waals surface area contributed by atoms with Crippen LogP contribution >= 0.6 is 0 Å². The van der Waals surface area contributed by atoms with Crippen molar-refractivity contribution in [3.05, 3.63) is 11.6 Å². The molecule has 0 radical (unpaired) electrons. The first kappa shape index (κ1) is 16.2. The van der Waals surface area contributed by atoms with Crippen molar-refractivity contribution in [3.8, 4) is 0 Å². The van der Waals surface area contributed by atoms with E-state index in [4.69, 9.17) is 10.2 Å². The Balaban J connectivity index is 2.39. The molecule has 110 valence electrons. The number of aliphatic carboxylic acids is 1. The molecule has 0 amide bonds. The van der Waals surface area contributed by atoms with Gasteiger partial charge in [0.25, 0.3) is 0 Å². The molecule has 1 aliphatic rings. The second-order valence-electron chi connectivity index (χ2n) is 5.48. The van der Waals surface area contributed by atoms with Gasteiger partial charge in [-0.15, -0.1) is 0 Å². The lowest BCUT2D eigenvalue weighted by atomic mass is 9.97. The summed E-state index contributed by atoms with van der Waals surface area (Å²) in [7, 11) is 0. The lowest BCUT2D eigenvalue weighted by Crippen LogP contribution is -2.34. The molecule has 0 aliphatic heterocycles. The van der Waals surface area contributed by atoms with Gasteiger partial charge >= 0.3 is 5.97 Å². The molecule has 19 heavy (non-hydrogen) atoms. The van der Waals surface area contributed by atoms with Crippen molar-refractivity contribution >= 4 is 5.97 Å². The Kier molecular flexibility index (Phi) is 7.75. The monoisotopic (exact) mass is 269 g/mol. The van der Waals surface area contributed by atoms with Crippen LogP contribution in [0.4, 0.5) is 0 Å². The average molecular weight is 269 g/mol. The Hall–Kier alpha value is -0.870. The molecule has 1 atom stereocenters. The highest BCUT2D eigenvalue weighted by Gasteiger charge is 2.16. The maximum atomic E-state index is 10.9. The normalized spacial score (nSPS) is 17.3. The third-order valence-electron chi connectivity index (χ3n) is 3.72. The van der Waals surface area contributed by atoms with Gasteiger partial charge in [-0.3, -0.25) is 4.79 Å². The maximum absolute atomic E-state index is 10.9. The summed E-state index contributed by atoms with van der Waals surface area (Å²) in [6, 6.07) is 0. The summed E-state index contributed by atoms with van der Waals surface area (Å²) >= 11 is 0. The quantitative estimate of drug-likeness (QED) is 0.630. The smallest absolute Gasteiger partial charge is 0.307 e. The molecule has 0 aromatic rings. The van der Waals surface area contributed by atoms with Crippen LogP contribution in [0.2, 0.25) is 0 Å². The first-order valence-corrected chi connectivity index (χ1v) is 7.37. The van der Waals surface area contributed by atoms with E-state index in [0.717, 1.165) is 19.5 Å². The van der Waals surface area contributed by atoms with E-state index in [2.05, 4.69) is 11.0 Å². The van der Waals surface area contributed by atoms with E-state index in [0.29, 0.717) is 13.0 Å². The van der Waals surface area contributed by atoms with E-state index in [-0.39, 0.29) is 12.5 Å². The van der Waals surface area contributed by atoms with Crippen LogP contribution in [0, 0.1) is 5.92 Å². The van der Waals surface area contributed by atoms with Gasteiger partial charge in [-0.05, 0) is 38.5 Å². The molecule has 1 unspecified atom stereocenters. The van der Waals surface area contributed by atoms with Crippen LogP contribution in [-0.4, -0.2) is 47.3 Å². The molecule has 0 aromatic heterocycles. The molecule has 0 saturated carbocycles. The molecule has 0 aromatic carbocycles. The Bertz CT molecular complexity index is 302. The highest BCUT2D eigenvalue weighted by atomic mass is 16.4. The summed E-state index contributed by atoms with van der Waals surface area (Å²) in [6.07, 6.45) is 9.07. The van der Waals surface area contributed by atoms with Crippen LogP contribution in [0.25, 0.3) is 0 Å². The number of aliphatic hydroxyl groups excluding tert-OH is 1. The third-order valence-corrected chi connectivity index (χ3v) is 3.72. The SMILES string of the molecule is CC(CN(CCCO)CCC1=CCCCC1)C(=O)O. The minimum atomic E-state index is -0.745. The number of hydrogen-bond donors (Lipinski definition) is 2. The predicted molar refractivity (Wildman–Crippen MR) is 76.1 cm³/mol. The van der Waals surface area contributed by atoms with Crippen LogP contribution in [-0.2, 0) is 4.79 Å². The lowest BCUT2D eigenvalue weighted by Gasteiger charge is -2.25. The van der Waals surface area contributed by atoms with Crippen molar-refractivity contribution in [2.75, 3.05) is 26.2 Å². The summed E-state index contributed by atoms with van der Waals surface area (Å²) in [5.41, 5.74) is 1.52.